The molecule has 6 nitrogen and oxygen atoms in total. The Hall–Kier alpha value is -1.63. The first-order valence-corrected chi connectivity index (χ1v) is 7.64. The molecular weight excluding hydrogens is 292 g/mol. The van der Waals surface area contributed by atoms with Gasteiger partial charge < -0.3 is 15.2 Å². The summed E-state index contributed by atoms with van der Waals surface area (Å²) in [6, 6.07) is -0.349. The highest BCUT2D eigenvalue weighted by Crippen LogP contribution is 2.25. The summed E-state index contributed by atoms with van der Waals surface area (Å²) in [4.78, 5) is 26.9. The van der Waals surface area contributed by atoms with Gasteiger partial charge in [0.1, 0.15) is 10.6 Å². The second-order valence-corrected chi connectivity index (χ2v) is 7.09. The zero-order chi connectivity index (χ0) is 16.2. The number of amides is 1. The molecule has 0 aliphatic rings. The lowest BCUT2D eigenvalue weighted by atomic mass is 10.0. The molecule has 1 amide bonds. The van der Waals surface area contributed by atoms with Crippen LogP contribution in [0, 0.1) is 5.92 Å². The number of nitrogens with zero attached hydrogens (tertiary/aromatic N) is 1. The van der Waals surface area contributed by atoms with Crippen LogP contribution in [-0.2, 0) is 4.74 Å². The summed E-state index contributed by atoms with van der Waals surface area (Å²) in [7, 11) is 0. The van der Waals surface area contributed by atoms with Gasteiger partial charge in [-0.15, -0.1) is 11.3 Å². The molecule has 0 aliphatic carbocycles. The van der Waals surface area contributed by atoms with Crippen molar-refractivity contribution in [1.29, 1.82) is 0 Å². The van der Waals surface area contributed by atoms with E-state index in [1.54, 1.807) is 20.8 Å². The zero-order valence-corrected chi connectivity index (χ0v) is 13.8. The van der Waals surface area contributed by atoms with Gasteiger partial charge in [-0.3, -0.25) is 0 Å². The third kappa shape index (κ3) is 6.12. The van der Waals surface area contributed by atoms with Crippen LogP contribution in [0.4, 0.5) is 4.79 Å². The van der Waals surface area contributed by atoms with E-state index in [9.17, 15) is 9.59 Å². The summed E-state index contributed by atoms with van der Waals surface area (Å²) in [6.45, 7) is 9.41. The maximum Gasteiger partial charge on any atom is 0.408 e. The Bertz CT molecular complexity index is 505. The van der Waals surface area contributed by atoms with Crippen molar-refractivity contribution >= 4 is 23.4 Å². The molecule has 0 aliphatic heterocycles. The van der Waals surface area contributed by atoms with Crippen LogP contribution in [0.15, 0.2) is 5.38 Å². The summed E-state index contributed by atoms with van der Waals surface area (Å²) in [5.41, 5.74) is -0.587. The number of carboxylic acids is 1. The smallest absolute Gasteiger partial charge is 0.408 e. The number of carbonyl (C=O) groups is 2. The van der Waals surface area contributed by atoms with E-state index < -0.39 is 17.7 Å². The van der Waals surface area contributed by atoms with Gasteiger partial charge in [-0.2, -0.15) is 0 Å². The Morgan fingerprint density at radius 1 is 1.43 bits per heavy atom. The van der Waals surface area contributed by atoms with Crippen LogP contribution >= 0.6 is 11.3 Å². The van der Waals surface area contributed by atoms with Gasteiger partial charge in [0.2, 0.25) is 0 Å². The molecule has 21 heavy (non-hydrogen) atoms. The summed E-state index contributed by atoms with van der Waals surface area (Å²) in [5.74, 6) is -0.750. The van der Waals surface area contributed by atoms with E-state index in [2.05, 4.69) is 10.3 Å². The Labute approximate surface area is 128 Å². The predicted molar refractivity (Wildman–Crippen MR) is 80.6 cm³/mol. The topological polar surface area (TPSA) is 88.5 Å². The number of aromatic nitrogens is 1. The molecule has 0 saturated carbocycles. The van der Waals surface area contributed by atoms with E-state index in [1.165, 1.54) is 16.7 Å². The first-order chi connectivity index (χ1) is 9.58. The monoisotopic (exact) mass is 314 g/mol. The minimum atomic E-state index is -1.07. The number of carbonyl (C=O) groups excluding carboxylic acids is 1. The van der Waals surface area contributed by atoms with Crippen molar-refractivity contribution in [2.24, 2.45) is 5.92 Å². The molecule has 2 N–H and O–H groups in total. The summed E-state index contributed by atoms with van der Waals surface area (Å²) in [6.07, 6.45) is 0.131. The van der Waals surface area contributed by atoms with Crippen LogP contribution in [-0.4, -0.2) is 27.8 Å². The molecule has 1 heterocycles. The Morgan fingerprint density at radius 3 is 2.48 bits per heavy atom. The van der Waals surface area contributed by atoms with Crippen molar-refractivity contribution in [3.63, 3.8) is 0 Å². The van der Waals surface area contributed by atoms with Crippen LogP contribution in [0.1, 0.15) is 62.6 Å². The standard InChI is InChI=1S/C14H22N2O4S/c1-8(2)6-9(16-13(19)20-14(3,4)5)11-15-10(7-21-11)12(17)18/h7-9H,6H2,1-5H3,(H,16,19)(H,17,18)/t9-/m1/s1. The van der Waals surface area contributed by atoms with Crippen LogP contribution in [0.25, 0.3) is 0 Å². The molecule has 1 rings (SSSR count). The Balaban J connectivity index is 2.84. The fraction of sp³-hybridized carbons (Fsp3) is 0.643. The van der Waals surface area contributed by atoms with Gasteiger partial charge in [-0.1, -0.05) is 13.8 Å². The minimum absolute atomic E-state index is 0.00487. The molecule has 1 aromatic heterocycles. The van der Waals surface area contributed by atoms with Gasteiger partial charge >= 0.3 is 12.1 Å². The highest BCUT2D eigenvalue weighted by atomic mass is 32.1. The van der Waals surface area contributed by atoms with Crippen molar-refractivity contribution in [3.05, 3.63) is 16.1 Å². The molecule has 0 fully saturated rings. The predicted octanol–water partition coefficient (Wildman–Crippen LogP) is 3.45. The fourth-order valence-electron chi connectivity index (χ4n) is 1.69. The highest BCUT2D eigenvalue weighted by molar-refractivity contribution is 7.09. The van der Waals surface area contributed by atoms with Crippen molar-refractivity contribution in [1.82, 2.24) is 10.3 Å². The van der Waals surface area contributed by atoms with Crippen molar-refractivity contribution in [2.45, 2.75) is 52.7 Å². The Morgan fingerprint density at radius 2 is 2.05 bits per heavy atom. The van der Waals surface area contributed by atoms with Crippen LogP contribution in [0.3, 0.4) is 0 Å². The number of nitrogens with one attached hydrogen (secondary N) is 1. The van der Waals surface area contributed by atoms with Crippen molar-refractivity contribution < 1.29 is 19.4 Å². The molecule has 1 atom stereocenters. The van der Waals surface area contributed by atoms with Gasteiger partial charge in [0, 0.05) is 5.38 Å². The van der Waals surface area contributed by atoms with Gasteiger partial charge in [-0.05, 0) is 33.1 Å². The molecule has 0 bridgehead atoms. The molecule has 0 radical (unpaired) electrons. The molecule has 0 unspecified atom stereocenters. The van der Waals surface area contributed by atoms with Crippen LogP contribution in [0.2, 0.25) is 0 Å². The quantitative estimate of drug-likeness (QED) is 0.869. The first kappa shape index (κ1) is 17.4. The zero-order valence-electron chi connectivity index (χ0n) is 13.0. The van der Waals surface area contributed by atoms with E-state index in [1.807, 2.05) is 13.8 Å². The number of carboxylic acid groups (broad SMARTS) is 1. The third-order valence-corrected chi connectivity index (χ3v) is 3.40. The lowest BCUT2D eigenvalue weighted by molar-refractivity contribution is 0.0497. The molecule has 118 valence electrons. The summed E-state index contributed by atoms with van der Waals surface area (Å²) in [5, 5.41) is 13.7. The van der Waals surface area contributed by atoms with Crippen LogP contribution < -0.4 is 5.32 Å². The van der Waals surface area contributed by atoms with E-state index in [-0.39, 0.29) is 11.7 Å². The van der Waals surface area contributed by atoms with Crippen molar-refractivity contribution in [2.75, 3.05) is 0 Å². The van der Waals surface area contributed by atoms with E-state index in [4.69, 9.17) is 9.84 Å². The fourth-order valence-corrected chi connectivity index (χ4v) is 2.54. The molecule has 0 aromatic carbocycles. The number of hydrogen-bond acceptors (Lipinski definition) is 5. The number of hydrogen-bond donors (Lipinski definition) is 2. The maximum absolute atomic E-state index is 11.9. The van der Waals surface area contributed by atoms with Gasteiger partial charge in [0.25, 0.3) is 0 Å². The number of rotatable bonds is 5. The molecule has 0 saturated heterocycles. The highest BCUT2D eigenvalue weighted by Gasteiger charge is 2.24. The van der Waals surface area contributed by atoms with Crippen molar-refractivity contribution in [3.8, 4) is 0 Å². The first-order valence-electron chi connectivity index (χ1n) is 6.76. The lowest BCUT2D eigenvalue weighted by Gasteiger charge is -2.23. The van der Waals surface area contributed by atoms with Crippen LogP contribution in [0.5, 0.6) is 0 Å². The minimum Gasteiger partial charge on any atom is -0.476 e. The van der Waals surface area contributed by atoms with E-state index in [0.717, 1.165) is 0 Å². The second-order valence-electron chi connectivity index (χ2n) is 6.20. The SMILES string of the molecule is CC(C)C[C@@H](NC(=O)OC(C)(C)C)c1nc(C(=O)O)cs1. The summed E-state index contributed by atoms with van der Waals surface area (Å²) < 4.78 is 5.24. The lowest BCUT2D eigenvalue weighted by Crippen LogP contribution is -2.35. The number of thiazole rings is 1. The van der Waals surface area contributed by atoms with Gasteiger partial charge in [-0.25, -0.2) is 14.6 Å². The van der Waals surface area contributed by atoms with E-state index >= 15 is 0 Å². The van der Waals surface area contributed by atoms with Gasteiger partial charge in [0.05, 0.1) is 6.04 Å². The van der Waals surface area contributed by atoms with Gasteiger partial charge in [0.15, 0.2) is 5.69 Å². The molecule has 7 heteroatoms. The molecule has 0 spiro atoms. The second kappa shape index (κ2) is 6.89. The third-order valence-electron chi connectivity index (χ3n) is 2.44. The summed E-state index contributed by atoms with van der Waals surface area (Å²) >= 11 is 1.23. The number of alkyl carbamates (subject to hydrolysis) is 1. The average Bonchev–Trinajstić information content (AvgIpc) is 2.73. The average molecular weight is 314 g/mol. The van der Waals surface area contributed by atoms with E-state index in [0.29, 0.717) is 17.3 Å². The normalized spacial score (nSPS) is 13.0. The Kier molecular flexibility index (Phi) is 5.71. The number of ether oxygens (including phenoxy) is 1. The number of aromatic carboxylic acids is 1. The largest absolute Gasteiger partial charge is 0.476 e. The molecule has 1 aromatic rings. The molecular formula is C14H22N2O4S. The maximum atomic E-state index is 11.9.